The molecule has 0 spiro atoms. The first-order chi connectivity index (χ1) is 10.3. The van der Waals surface area contributed by atoms with Crippen molar-refractivity contribution in [3.8, 4) is 0 Å². The maximum atomic E-state index is 12.5. The Hall–Kier alpha value is -1.88. The molecule has 1 atom stereocenters. The minimum Gasteiger partial charge on any atom is -0.354 e. The number of nitrogens with one attached hydrogen (secondary N) is 2. The second kappa shape index (κ2) is 6.26. The van der Waals surface area contributed by atoms with E-state index in [9.17, 15) is 9.59 Å². The van der Waals surface area contributed by atoms with Gasteiger partial charge in [0.05, 0.1) is 0 Å². The summed E-state index contributed by atoms with van der Waals surface area (Å²) in [6.45, 7) is 3.31. The zero-order valence-electron chi connectivity index (χ0n) is 12.0. The highest BCUT2D eigenvalue weighted by atomic mass is 16.2. The van der Waals surface area contributed by atoms with Crippen LogP contribution >= 0.6 is 0 Å². The smallest absolute Gasteiger partial charge is 0.254 e. The molecule has 21 heavy (non-hydrogen) atoms. The van der Waals surface area contributed by atoms with Crippen molar-refractivity contribution in [2.24, 2.45) is 5.92 Å². The van der Waals surface area contributed by atoms with Crippen LogP contribution < -0.4 is 10.6 Å². The Balaban J connectivity index is 1.61. The van der Waals surface area contributed by atoms with Crippen LogP contribution in [0.5, 0.6) is 0 Å². The zero-order chi connectivity index (χ0) is 14.7. The Morgan fingerprint density at radius 2 is 2.00 bits per heavy atom. The van der Waals surface area contributed by atoms with Gasteiger partial charge in [0.15, 0.2) is 0 Å². The first kappa shape index (κ1) is 14.1. The van der Waals surface area contributed by atoms with Gasteiger partial charge in [0.2, 0.25) is 5.91 Å². The van der Waals surface area contributed by atoms with Crippen LogP contribution in [-0.4, -0.2) is 48.9 Å². The minimum absolute atomic E-state index is 0.0105. The van der Waals surface area contributed by atoms with E-state index in [4.69, 9.17) is 0 Å². The van der Waals surface area contributed by atoms with Crippen molar-refractivity contribution in [1.29, 1.82) is 0 Å². The van der Waals surface area contributed by atoms with E-state index >= 15 is 0 Å². The van der Waals surface area contributed by atoms with Gasteiger partial charge in [-0.15, -0.1) is 0 Å². The molecule has 1 aromatic carbocycles. The van der Waals surface area contributed by atoms with E-state index in [0.29, 0.717) is 24.6 Å². The molecule has 0 bridgehead atoms. The molecule has 0 saturated carbocycles. The van der Waals surface area contributed by atoms with Gasteiger partial charge in [0, 0.05) is 37.7 Å². The summed E-state index contributed by atoms with van der Waals surface area (Å²) in [4.78, 5) is 26.5. The van der Waals surface area contributed by atoms with E-state index in [1.807, 2.05) is 18.2 Å². The number of carbonyl (C=O) groups excluding carboxylic acids is 2. The van der Waals surface area contributed by atoms with Crippen molar-refractivity contribution in [2.75, 3.05) is 26.2 Å². The number of carbonyl (C=O) groups is 2. The van der Waals surface area contributed by atoms with Gasteiger partial charge in [0.1, 0.15) is 6.04 Å². The normalized spacial score (nSPS) is 21.9. The number of nitrogens with zero attached hydrogens (tertiary/aromatic N) is 1. The first-order valence-electron chi connectivity index (χ1n) is 7.60. The number of likely N-dealkylation sites (tertiary alicyclic amines) is 1. The molecule has 5 heteroatoms. The standard InChI is InChI=1S/C16H21N3O2/c20-15(18-11-12-9-17-10-12)14-7-4-8-19(14)16(21)13-5-2-1-3-6-13/h1-3,5-6,12,14,17H,4,7-11H2,(H,18,20). The fourth-order valence-electron chi connectivity index (χ4n) is 2.88. The average Bonchev–Trinajstić information content (AvgIpc) is 2.95. The Labute approximate surface area is 124 Å². The molecule has 2 heterocycles. The summed E-state index contributed by atoms with van der Waals surface area (Å²) < 4.78 is 0. The molecule has 1 unspecified atom stereocenters. The Kier molecular flexibility index (Phi) is 4.20. The van der Waals surface area contributed by atoms with E-state index in [-0.39, 0.29) is 17.9 Å². The van der Waals surface area contributed by atoms with Gasteiger partial charge in [0.25, 0.3) is 5.91 Å². The first-order valence-corrected chi connectivity index (χ1v) is 7.60. The molecule has 2 saturated heterocycles. The summed E-state index contributed by atoms with van der Waals surface area (Å²) in [6.07, 6.45) is 1.65. The van der Waals surface area contributed by atoms with Gasteiger partial charge < -0.3 is 15.5 Å². The van der Waals surface area contributed by atoms with E-state index in [1.54, 1.807) is 17.0 Å². The molecule has 0 radical (unpaired) electrons. The van der Waals surface area contributed by atoms with Gasteiger partial charge in [-0.05, 0) is 25.0 Å². The molecule has 0 aromatic heterocycles. The Morgan fingerprint density at radius 1 is 1.24 bits per heavy atom. The van der Waals surface area contributed by atoms with Crippen molar-refractivity contribution in [3.05, 3.63) is 35.9 Å². The molecule has 1 aromatic rings. The van der Waals surface area contributed by atoms with Crippen molar-refractivity contribution in [2.45, 2.75) is 18.9 Å². The Bertz CT molecular complexity index is 514. The van der Waals surface area contributed by atoms with Crippen molar-refractivity contribution in [1.82, 2.24) is 15.5 Å². The average molecular weight is 287 g/mol. The number of benzene rings is 1. The summed E-state index contributed by atoms with van der Waals surface area (Å²) in [6, 6.07) is 8.87. The summed E-state index contributed by atoms with van der Waals surface area (Å²) in [5, 5.41) is 6.18. The SMILES string of the molecule is O=C(NCC1CNC1)C1CCCN1C(=O)c1ccccc1. The predicted octanol–water partition coefficient (Wildman–Crippen LogP) is 0.627. The van der Waals surface area contributed by atoms with Gasteiger partial charge in [-0.1, -0.05) is 18.2 Å². The third-order valence-electron chi connectivity index (χ3n) is 4.27. The maximum Gasteiger partial charge on any atom is 0.254 e. The second-order valence-corrected chi connectivity index (χ2v) is 5.79. The quantitative estimate of drug-likeness (QED) is 0.854. The molecule has 2 N–H and O–H groups in total. The van der Waals surface area contributed by atoms with Gasteiger partial charge in [-0.2, -0.15) is 0 Å². The van der Waals surface area contributed by atoms with E-state index in [1.165, 1.54) is 0 Å². The molecular formula is C16H21N3O2. The molecule has 112 valence electrons. The molecule has 3 rings (SSSR count). The van der Waals surface area contributed by atoms with E-state index in [0.717, 1.165) is 25.9 Å². The van der Waals surface area contributed by atoms with Crippen LogP contribution in [0.1, 0.15) is 23.2 Å². The molecule has 2 aliphatic heterocycles. The number of amides is 2. The summed E-state index contributed by atoms with van der Waals surface area (Å²) in [5.41, 5.74) is 0.653. The number of rotatable bonds is 4. The van der Waals surface area contributed by atoms with Crippen molar-refractivity contribution < 1.29 is 9.59 Å². The van der Waals surface area contributed by atoms with Crippen LogP contribution in [0.4, 0.5) is 0 Å². The monoisotopic (exact) mass is 287 g/mol. The highest BCUT2D eigenvalue weighted by Gasteiger charge is 2.34. The summed E-state index contributed by atoms with van der Waals surface area (Å²) >= 11 is 0. The fraction of sp³-hybridized carbons (Fsp3) is 0.500. The molecular weight excluding hydrogens is 266 g/mol. The molecule has 2 aliphatic rings. The third kappa shape index (κ3) is 3.08. The lowest BCUT2D eigenvalue weighted by Gasteiger charge is -2.29. The van der Waals surface area contributed by atoms with Crippen LogP contribution in [0.3, 0.4) is 0 Å². The van der Waals surface area contributed by atoms with Gasteiger partial charge >= 0.3 is 0 Å². The predicted molar refractivity (Wildman–Crippen MR) is 79.9 cm³/mol. The second-order valence-electron chi connectivity index (χ2n) is 5.79. The van der Waals surface area contributed by atoms with Crippen LogP contribution in [0.2, 0.25) is 0 Å². The molecule has 0 aliphatic carbocycles. The van der Waals surface area contributed by atoms with E-state index in [2.05, 4.69) is 10.6 Å². The lowest BCUT2D eigenvalue weighted by molar-refractivity contribution is -0.125. The Morgan fingerprint density at radius 3 is 2.67 bits per heavy atom. The number of hydrogen-bond donors (Lipinski definition) is 2. The zero-order valence-corrected chi connectivity index (χ0v) is 12.0. The van der Waals surface area contributed by atoms with Crippen LogP contribution in [0.15, 0.2) is 30.3 Å². The topological polar surface area (TPSA) is 61.4 Å². The fourth-order valence-corrected chi connectivity index (χ4v) is 2.88. The summed E-state index contributed by atoms with van der Waals surface area (Å²) in [5.74, 6) is 0.482. The van der Waals surface area contributed by atoms with Crippen LogP contribution in [0.25, 0.3) is 0 Å². The molecule has 2 fully saturated rings. The van der Waals surface area contributed by atoms with Gasteiger partial charge in [-0.3, -0.25) is 9.59 Å². The highest BCUT2D eigenvalue weighted by molar-refractivity contribution is 5.97. The molecule has 5 nitrogen and oxygen atoms in total. The van der Waals surface area contributed by atoms with Crippen LogP contribution in [-0.2, 0) is 4.79 Å². The highest BCUT2D eigenvalue weighted by Crippen LogP contribution is 2.20. The lowest BCUT2D eigenvalue weighted by atomic mass is 10.0. The number of hydrogen-bond acceptors (Lipinski definition) is 3. The largest absolute Gasteiger partial charge is 0.354 e. The third-order valence-corrected chi connectivity index (χ3v) is 4.27. The van der Waals surface area contributed by atoms with Crippen LogP contribution in [0, 0.1) is 5.92 Å². The van der Waals surface area contributed by atoms with E-state index < -0.39 is 0 Å². The van der Waals surface area contributed by atoms with Crippen molar-refractivity contribution >= 4 is 11.8 Å². The minimum atomic E-state index is -0.314. The molecule has 2 amide bonds. The van der Waals surface area contributed by atoms with Crippen molar-refractivity contribution in [3.63, 3.8) is 0 Å². The lowest BCUT2D eigenvalue weighted by Crippen LogP contribution is -2.51. The maximum absolute atomic E-state index is 12.5. The van der Waals surface area contributed by atoms with Gasteiger partial charge in [-0.25, -0.2) is 0 Å². The summed E-state index contributed by atoms with van der Waals surface area (Å²) in [7, 11) is 0.